The van der Waals surface area contributed by atoms with Gasteiger partial charge in [0.05, 0.1) is 5.71 Å². The highest BCUT2D eigenvalue weighted by atomic mass is 79.9. The summed E-state index contributed by atoms with van der Waals surface area (Å²) in [6.07, 6.45) is 2.05. The Labute approximate surface area is 160 Å². The number of nitrogens with zero attached hydrogens (tertiary/aromatic N) is 2. The lowest BCUT2D eigenvalue weighted by molar-refractivity contribution is -0.136. The van der Waals surface area contributed by atoms with Gasteiger partial charge in [-0.25, -0.2) is 9.98 Å². The molecule has 130 valence electrons. The number of benzene rings is 2. The van der Waals surface area contributed by atoms with Gasteiger partial charge in [-0.1, -0.05) is 76.6 Å². The van der Waals surface area contributed by atoms with Crippen molar-refractivity contribution in [2.75, 3.05) is 0 Å². The van der Waals surface area contributed by atoms with Crippen LogP contribution in [-0.4, -0.2) is 21.8 Å². The molecule has 1 heterocycles. The first kappa shape index (κ1) is 18.0. The van der Waals surface area contributed by atoms with Gasteiger partial charge >= 0.3 is 5.97 Å². The molecule has 0 aliphatic heterocycles. The number of carboxylic acid groups (broad SMARTS) is 1. The Morgan fingerprint density at radius 3 is 2.08 bits per heavy atom. The summed E-state index contributed by atoms with van der Waals surface area (Å²) in [6, 6.07) is 21.6. The number of hydrogen-bond acceptors (Lipinski definition) is 3. The third-order valence-electron chi connectivity index (χ3n) is 3.88. The molecule has 0 saturated carbocycles. The molecular weight excluding hydrogens is 392 g/mol. The number of aliphatic imine (C=N–C) groups is 1. The molecule has 3 rings (SSSR count). The maximum absolute atomic E-state index is 11.0. The van der Waals surface area contributed by atoms with E-state index in [1.807, 2.05) is 60.7 Å². The van der Waals surface area contributed by atoms with Crippen molar-refractivity contribution in [1.82, 2.24) is 4.98 Å². The van der Waals surface area contributed by atoms with Crippen LogP contribution in [0.1, 0.15) is 23.1 Å². The van der Waals surface area contributed by atoms with Gasteiger partial charge < -0.3 is 5.11 Å². The number of halogens is 1. The first-order valence-electron chi connectivity index (χ1n) is 8.20. The lowest BCUT2D eigenvalue weighted by atomic mass is 10.0. The Morgan fingerprint density at radius 2 is 1.54 bits per heavy atom. The molecule has 0 spiro atoms. The first-order valence-corrected chi connectivity index (χ1v) is 8.99. The summed E-state index contributed by atoms with van der Waals surface area (Å²) in [5, 5.41) is 9.02. The molecule has 0 atom stereocenters. The van der Waals surface area contributed by atoms with Gasteiger partial charge in [-0.05, 0) is 12.5 Å². The minimum atomic E-state index is -0.845. The molecule has 0 saturated heterocycles. The third kappa shape index (κ3) is 4.43. The van der Waals surface area contributed by atoms with Gasteiger partial charge in [0, 0.05) is 33.8 Å². The van der Waals surface area contributed by atoms with E-state index in [1.54, 1.807) is 12.3 Å². The average molecular weight is 409 g/mol. The fraction of sp³-hybridized carbons (Fsp3) is 0.0952. The quantitative estimate of drug-likeness (QED) is 0.581. The minimum Gasteiger partial charge on any atom is -0.481 e. The normalized spacial score (nSPS) is 10.3. The second kappa shape index (κ2) is 8.54. The third-order valence-corrected chi connectivity index (χ3v) is 4.62. The summed E-state index contributed by atoms with van der Waals surface area (Å²) in [4.78, 5) is 20.2. The molecule has 3 aromatic rings. The summed E-state index contributed by atoms with van der Waals surface area (Å²) >= 11 is 3.50. The number of rotatable bonds is 6. The highest BCUT2D eigenvalue weighted by Gasteiger charge is 2.13. The van der Waals surface area contributed by atoms with E-state index < -0.39 is 5.97 Å². The van der Waals surface area contributed by atoms with Crippen LogP contribution in [0.5, 0.6) is 0 Å². The lowest BCUT2D eigenvalue weighted by Crippen LogP contribution is -2.04. The molecule has 0 aliphatic carbocycles. The highest BCUT2D eigenvalue weighted by molar-refractivity contribution is 9.10. The van der Waals surface area contributed by atoms with E-state index in [-0.39, 0.29) is 6.42 Å². The van der Waals surface area contributed by atoms with Gasteiger partial charge in [-0.3, -0.25) is 4.79 Å². The van der Waals surface area contributed by atoms with Crippen LogP contribution in [0.3, 0.4) is 0 Å². The summed E-state index contributed by atoms with van der Waals surface area (Å²) in [7, 11) is 0. The van der Waals surface area contributed by atoms with Crippen LogP contribution in [0.2, 0.25) is 0 Å². The second-order valence-corrected chi connectivity index (χ2v) is 6.54. The van der Waals surface area contributed by atoms with Crippen LogP contribution in [-0.2, 0) is 11.2 Å². The molecule has 0 fully saturated rings. The van der Waals surface area contributed by atoms with E-state index in [1.165, 1.54) is 0 Å². The number of carbonyl (C=O) groups is 1. The zero-order chi connectivity index (χ0) is 18.4. The molecule has 2 aromatic carbocycles. The van der Waals surface area contributed by atoms with Crippen LogP contribution >= 0.6 is 15.9 Å². The number of aromatic nitrogens is 1. The molecule has 0 amide bonds. The Hall–Kier alpha value is -2.79. The van der Waals surface area contributed by atoms with E-state index in [9.17, 15) is 4.79 Å². The van der Waals surface area contributed by atoms with Crippen molar-refractivity contribution in [3.63, 3.8) is 0 Å². The number of hydrogen-bond donors (Lipinski definition) is 1. The molecule has 0 radical (unpaired) electrons. The SMILES string of the molecule is O=C(O)CCc1c(Br)ccnc1N=C(c1ccccc1)c1ccccc1. The van der Waals surface area contributed by atoms with Crippen molar-refractivity contribution >= 4 is 33.4 Å². The van der Waals surface area contributed by atoms with Gasteiger partial charge in [0.1, 0.15) is 0 Å². The van der Waals surface area contributed by atoms with Crippen molar-refractivity contribution in [1.29, 1.82) is 0 Å². The van der Waals surface area contributed by atoms with Crippen molar-refractivity contribution in [3.8, 4) is 0 Å². The molecule has 0 bridgehead atoms. The molecule has 5 heteroatoms. The van der Waals surface area contributed by atoms with Crippen LogP contribution in [0.4, 0.5) is 5.82 Å². The van der Waals surface area contributed by atoms with Gasteiger partial charge in [-0.2, -0.15) is 0 Å². The van der Waals surface area contributed by atoms with Crippen LogP contribution in [0.15, 0.2) is 82.4 Å². The summed E-state index contributed by atoms with van der Waals surface area (Å²) < 4.78 is 0.813. The summed E-state index contributed by atoms with van der Waals surface area (Å²) in [6.45, 7) is 0. The zero-order valence-corrected chi connectivity index (χ0v) is 15.6. The van der Waals surface area contributed by atoms with Crippen LogP contribution in [0, 0.1) is 0 Å². The average Bonchev–Trinajstić information content (AvgIpc) is 2.66. The van der Waals surface area contributed by atoms with Gasteiger partial charge in [0.2, 0.25) is 0 Å². The van der Waals surface area contributed by atoms with Crippen molar-refractivity contribution in [2.24, 2.45) is 4.99 Å². The fourth-order valence-electron chi connectivity index (χ4n) is 2.61. The molecular formula is C21H17BrN2O2. The van der Waals surface area contributed by atoms with Crippen molar-refractivity contribution < 1.29 is 9.90 Å². The zero-order valence-electron chi connectivity index (χ0n) is 14.0. The number of aliphatic carboxylic acids is 1. The Morgan fingerprint density at radius 1 is 0.962 bits per heavy atom. The topological polar surface area (TPSA) is 62.5 Å². The maximum atomic E-state index is 11.0. The predicted octanol–water partition coefficient (Wildman–Crippen LogP) is 5.03. The standard InChI is InChI=1S/C21H17BrN2O2/c22-18-13-14-23-21(17(18)11-12-19(25)26)24-20(15-7-3-1-4-8-15)16-9-5-2-6-10-16/h1-10,13-14H,11-12H2,(H,25,26). The van der Waals surface area contributed by atoms with E-state index in [0.29, 0.717) is 12.2 Å². The van der Waals surface area contributed by atoms with Crippen LogP contribution in [0.25, 0.3) is 0 Å². The van der Waals surface area contributed by atoms with E-state index >= 15 is 0 Å². The first-order chi connectivity index (χ1) is 12.6. The van der Waals surface area contributed by atoms with E-state index in [2.05, 4.69) is 20.9 Å². The highest BCUT2D eigenvalue weighted by Crippen LogP contribution is 2.28. The lowest BCUT2D eigenvalue weighted by Gasteiger charge is -2.10. The molecule has 4 nitrogen and oxygen atoms in total. The Bertz CT molecular complexity index is 884. The predicted molar refractivity (Wildman–Crippen MR) is 106 cm³/mol. The summed E-state index contributed by atoms with van der Waals surface area (Å²) in [5.41, 5.74) is 3.54. The van der Waals surface area contributed by atoms with Gasteiger partial charge in [0.15, 0.2) is 5.82 Å². The second-order valence-electron chi connectivity index (χ2n) is 5.68. The number of pyridine rings is 1. The largest absolute Gasteiger partial charge is 0.481 e. The molecule has 26 heavy (non-hydrogen) atoms. The Balaban J connectivity index is 2.12. The van der Waals surface area contributed by atoms with Crippen LogP contribution < -0.4 is 0 Å². The minimum absolute atomic E-state index is 0.0266. The maximum Gasteiger partial charge on any atom is 0.303 e. The van der Waals surface area contributed by atoms with Crippen molar-refractivity contribution in [2.45, 2.75) is 12.8 Å². The van der Waals surface area contributed by atoms with E-state index in [4.69, 9.17) is 10.1 Å². The molecule has 1 aromatic heterocycles. The molecule has 0 unspecified atom stereocenters. The van der Waals surface area contributed by atoms with Gasteiger partial charge in [-0.15, -0.1) is 0 Å². The molecule has 0 aliphatic rings. The number of carboxylic acids is 1. The van der Waals surface area contributed by atoms with E-state index in [0.717, 1.165) is 26.9 Å². The summed E-state index contributed by atoms with van der Waals surface area (Å²) in [5.74, 6) is -0.314. The van der Waals surface area contributed by atoms with Gasteiger partial charge in [0.25, 0.3) is 0 Å². The smallest absolute Gasteiger partial charge is 0.303 e. The molecule has 1 N–H and O–H groups in total. The van der Waals surface area contributed by atoms with Crippen molar-refractivity contribution in [3.05, 3.63) is 94.1 Å². The Kier molecular flexibility index (Phi) is 5.92. The monoisotopic (exact) mass is 408 g/mol. The fourth-order valence-corrected chi connectivity index (χ4v) is 3.11.